The highest BCUT2D eigenvalue weighted by Crippen LogP contribution is 2.27. The summed E-state index contributed by atoms with van der Waals surface area (Å²) in [5, 5.41) is 2.52. The Morgan fingerprint density at radius 1 is 1.11 bits per heavy atom. The second-order valence-electron chi connectivity index (χ2n) is 7.28. The number of anilines is 1. The van der Waals surface area contributed by atoms with Crippen molar-refractivity contribution in [3.05, 3.63) is 59.4 Å². The first-order valence-corrected chi connectivity index (χ1v) is 10.9. The molecule has 0 heterocycles. The van der Waals surface area contributed by atoms with Crippen LogP contribution < -0.4 is 5.32 Å². The Morgan fingerprint density at radius 2 is 1.82 bits per heavy atom. The van der Waals surface area contributed by atoms with Gasteiger partial charge in [0.1, 0.15) is 5.82 Å². The van der Waals surface area contributed by atoms with Gasteiger partial charge in [-0.25, -0.2) is 12.8 Å². The van der Waals surface area contributed by atoms with E-state index in [1.807, 2.05) is 0 Å². The van der Waals surface area contributed by atoms with Gasteiger partial charge in [0, 0.05) is 18.7 Å². The molecule has 5 nitrogen and oxygen atoms in total. The monoisotopic (exact) mass is 404 g/mol. The van der Waals surface area contributed by atoms with Gasteiger partial charge in [-0.3, -0.25) is 4.79 Å². The van der Waals surface area contributed by atoms with E-state index in [4.69, 9.17) is 0 Å². The summed E-state index contributed by atoms with van der Waals surface area (Å²) in [4.78, 5) is 12.6. The predicted molar refractivity (Wildman–Crippen MR) is 107 cm³/mol. The van der Waals surface area contributed by atoms with E-state index in [1.54, 1.807) is 20.0 Å². The second kappa shape index (κ2) is 8.41. The average molecular weight is 405 g/mol. The van der Waals surface area contributed by atoms with E-state index in [-0.39, 0.29) is 22.2 Å². The Morgan fingerprint density at radius 3 is 2.54 bits per heavy atom. The molecule has 7 heteroatoms. The maximum Gasteiger partial charge on any atom is 0.255 e. The molecular formula is C21H25FN2O3S. The maximum absolute atomic E-state index is 13.9. The summed E-state index contributed by atoms with van der Waals surface area (Å²) in [5.41, 5.74) is 1.04. The zero-order valence-electron chi connectivity index (χ0n) is 16.1. The van der Waals surface area contributed by atoms with Gasteiger partial charge >= 0.3 is 0 Å². The van der Waals surface area contributed by atoms with Crippen molar-refractivity contribution >= 4 is 21.6 Å². The quantitative estimate of drug-likeness (QED) is 0.806. The number of amides is 1. The molecule has 28 heavy (non-hydrogen) atoms. The van der Waals surface area contributed by atoms with Crippen LogP contribution in [0.5, 0.6) is 0 Å². The van der Waals surface area contributed by atoms with Gasteiger partial charge in [-0.1, -0.05) is 31.4 Å². The Bertz CT molecular complexity index is 969. The summed E-state index contributed by atoms with van der Waals surface area (Å²) >= 11 is 0. The Labute approximate surface area is 165 Å². The minimum Gasteiger partial charge on any atom is -0.319 e. The van der Waals surface area contributed by atoms with Crippen molar-refractivity contribution in [3.63, 3.8) is 0 Å². The molecule has 2 aromatic rings. The molecule has 0 spiro atoms. The highest BCUT2D eigenvalue weighted by molar-refractivity contribution is 7.89. The number of carbonyl (C=O) groups is 1. The average Bonchev–Trinajstić information content (AvgIpc) is 2.71. The van der Waals surface area contributed by atoms with Gasteiger partial charge in [-0.2, -0.15) is 4.31 Å². The summed E-state index contributed by atoms with van der Waals surface area (Å²) in [6.07, 6.45) is 4.88. The van der Waals surface area contributed by atoms with Gasteiger partial charge in [0.15, 0.2) is 0 Å². The highest BCUT2D eigenvalue weighted by atomic mass is 32.2. The first-order valence-electron chi connectivity index (χ1n) is 9.44. The van der Waals surface area contributed by atoms with E-state index < -0.39 is 21.7 Å². The lowest BCUT2D eigenvalue weighted by atomic mass is 9.96. The zero-order valence-corrected chi connectivity index (χ0v) is 16.9. The molecule has 150 valence electrons. The van der Waals surface area contributed by atoms with Crippen LogP contribution >= 0.6 is 0 Å². The van der Waals surface area contributed by atoms with Crippen LogP contribution in [0.25, 0.3) is 0 Å². The maximum atomic E-state index is 13.9. The number of nitrogens with zero attached hydrogens (tertiary/aromatic N) is 1. The van der Waals surface area contributed by atoms with Crippen LogP contribution in [0.3, 0.4) is 0 Å². The molecule has 0 aliphatic heterocycles. The molecule has 0 radical (unpaired) electrons. The van der Waals surface area contributed by atoms with Crippen molar-refractivity contribution in [1.29, 1.82) is 0 Å². The number of rotatable bonds is 5. The molecular weight excluding hydrogens is 379 g/mol. The zero-order chi connectivity index (χ0) is 20.3. The fraction of sp³-hybridized carbons (Fsp3) is 0.381. The molecule has 2 aromatic carbocycles. The molecule has 0 unspecified atom stereocenters. The minimum atomic E-state index is -3.70. The smallest absolute Gasteiger partial charge is 0.255 e. The van der Waals surface area contributed by atoms with E-state index in [0.717, 1.165) is 37.7 Å². The van der Waals surface area contributed by atoms with Gasteiger partial charge in [0.25, 0.3) is 5.91 Å². The van der Waals surface area contributed by atoms with Gasteiger partial charge < -0.3 is 5.32 Å². The van der Waals surface area contributed by atoms with Gasteiger partial charge in [-0.05, 0) is 55.7 Å². The summed E-state index contributed by atoms with van der Waals surface area (Å²) in [5.74, 6) is -1.10. The fourth-order valence-electron chi connectivity index (χ4n) is 3.53. The van der Waals surface area contributed by atoms with Crippen LogP contribution in [-0.2, 0) is 10.0 Å². The number of aryl methyl sites for hydroxylation is 1. The molecule has 1 aliphatic carbocycles. The van der Waals surface area contributed by atoms with Gasteiger partial charge in [0.05, 0.1) is 10.6 Å². The van der Waals surface area contributed by atoms with Crippen molar-refractivity contribution in [2.75, 3.05) is 12.4 Å². The van der Waals surface area contributed by atoms with Gasteiger partial charge in [0.2, 0.25) is 10.0 Å². The third kappa shape index (κ3) is 4.42. The van der Waals surface area contributed by atoms with E-state index in [9.17, 15) is 17.6 Å². The van der Waals surface area contributed by atoms with Crippen LogP contribution in [0, 0.1) is 12.7 Å². The Balaban J connectivity index is 1.82. The van der Waals surface area contributed by atoms with E-state index in [1.165, 1.54) is 40.7 Å². The summed E-state index contributed by atoms with van der Waals surface area (Å²) in [6.45, 7) is 1.80. The molecule has 1 amide bonds. The number of halogens is 1. The van der Waals surface area contributed by atoms with Crippen LogP contribution in [-0.4, -0.2) is 31.7 Å². The van der Waals surface area contributed by atoms with Crippen molar-refractivity contribution in [3.8, 4) is 0 Å². The fourth-order valence-corrected chi connectivity index (χ4v) is 5.00. The van der Waals surface area contributed by atoms with Crippen molar-refractivity contribution in [2.24, 2.45) is 0 Å². The molecule has 0 bridgehead atoms. The van der Waals surface area contributed by atoms with Crippen LogP contribution in [0.1, 0.15) is 48.0 Å². The van der Waals surface area contributed by atoms with Crippen molar-refractivity contribution in [1.82, 2.24) is 4.31 Å². The third-order valence-electron chi connectivity index (χ3n) is 5.23. The number of sulfonamides is 1. The molecule has 0 aromatic heterocycles. The number of hydrogen-bond donors (Lipinski definition) is 1. The molecule has 0 atom stereocenters. The predicted octanol–water partition coefficient (Wildman–Crippen LogP) is 4.34. The van der Waals surface area contributed by atoms with Crippen molar-refractivity contribution in [2.45, 2.75) is 50.0 Å². The first-order chi connectivity index (χ1) is 13.3. The topological polar surface area (TPSA) is 66.5 Å². The molecule has 1 fully saturated rings. The van der Waals surface area contributed by atoms with Gasteiger partial charge in [-0.15, -0.1) is 0 Å². The number of carbonyl (C=O) groups excluding carboxylic acids is 1. The number of nitrogens with one attached hydrogen (secondary N) is 1. The molecule has 1 aliphatic rings. The van der Waals surface area contributed by atoms with Crippen LogP contribution in [0.15, 0.2) is 47.4 Å². The van der Waals surface area contributed by atoms with E-state index in [0.29, 0.717) is 0 Å². The Hall–Kier alpha value is -2.25. The summed E-state index contributed by atoms with van der Waals surface area (Å²) < 4.78 is 41.3. The van der Waals surface area contributed by atoms with E-state index >= 15 is 0 Å². The Kier molecular flexibility index (Phi) is 6.15. The highest BCUT2D eigenvalue weighted by Gasteiger charge is 2.29. The third-order valence-corrected chi connectivity index (χ3v) is 7.14. The summed E-state index contributed by atoms with van der Waals surface area (Å²) in [7, 11) is -2.11. The number of hydrogen-bond acceptors (Lipinski definition) is 3. The van der Waals surface area contributed by atoms with Crippen molar-refractivity contribution < 1.29 is 17.6 Å². The van der Waals surface area contributed by atoms with Crippen LogP contribution in [0.2, 0.25) is 0 Å². The molecule has 0 saturated heterocycles. The molecule has 1 N–H and O–H groups in total. The standard InChI is InChI=1S/C21H25FN2O3S/c1-15-11-12-19(22)20(13-15)23-21(25)16-7-6-10-18(14-16)28(26,27)24(2)17-8-4-3-5-9-17/h6-7,10-14,17H,3-5,8-9H2,1-2H3,(H,23,25). The molecule has 3 rings (SSSR count). The summed E-state index contributed by atoms with van der Waals surface area (Å²) in [6, 6.07) is 10.3. The second-order valence-corrected chi connectivity index (χ2v) is 9.28. The number of benzene rings is 2. The normalized spacial score (nSPS) is 15.6. The van der Waals surface area contributed by atoms with Crippen LogP contribution in [0.4, 0.5) is 10.1 Å². The lowest BCUT2D eigenvalue weighted by Crippen LogP contribution is -2.38. The lowest BCUT2D eigenvalue weighted by Gasteiger charge is -2.30. The first kappa shape index (κ1) is 20.5. The SMILES string of the molecule is Cc1ccc(F)c(NC(=O)c2cccc(S(=O)(=O)N(C)C3CCCCC3)c2)c1. The lowest BCUT2D eigenvalue weighted by molar-refractivity contribution is 0.102. The largest absolute Gasteiger partial charge is 0.319 e. The molecule has 1 saturated carbocycles. The van der Waals surface area contributed by atoms with E-state index in [2.05, 4.69) is 5.32 Å². The minimum absolute atomic E-state index is 0.0161.